The topological polar surface area (TPSA) is 18.5 Å². The SMILES string of the molecule is Fc1c(OCC2CCCC2)ccc2c3c(sc12)C(F)C(OC(F)(F)F)C=C3. The summed E-state index contributed by atoms with van der Waals surface area (Å²) in [5, 5.41) is 0.463. The molecule has 0 saturated heterocycles. The van der Waals surface area contributed by atoms with Crippen molar-refractivity contribution in [1.82, 2.24) is 0 Å². The fraction of sp³-hybridized carbons (Fsp3) is 0.474. The smallest absolute Gasteiger partial charge is 0.490 e. The molecule has 146 valence electrons. The van der Waals surface area contributed by atoms with Crippen LogP contribution in [0.4, 0.5) is 22.0 Å². The van der Waals surface area contributed by atoms with Gasteiger partial charge in [0.2, 0.25) is 0 Å². The molecule has 2 nitrogen and oxygen atoms in total. The third-order valence-electron chi connectivity index (χ3n) is 5.04. The molecule has 0 bridgehead atoms. The molecule has 2 unspecified atom stereocenters. The van der Waals surface area contributed by atoms with Crippen molar-refractivity contribution >= 4 is 27.5 Å². The van der Waals surface area contributed by atoms with E-state index in [4.69, 9.17) is 4.74 Å². The number of ether oxygens (including phenoxy) is 2. The summed E-state index contributed by atoms with van der Waals surface area (Å²) in [5.74, 6) is -0.0932. The molecule has 0 amide bonds. The molecule has 8 heteroatoms. The minimum absolute atomic E-state index is 0.0357. The zero-order valence-electron chi connectivity index (χ0n) is 14.2. The van der Waals surface area contributed by atoms with Crippen LogP contribution in [0.15, 0.2) is 18.2 Å². The minimum atomic E-state index is -4.94. The number of rotatable bonds is 4. The number of hydrogen-bond donors (Lipinski definition) is 0. The Morgan fingerprint density at radius 2 is 1.89 bits per heavy atom. The van der Waals surface area contributed by atoms with Crippen LogP contribution in [0.3, 0.4) is 0 Å². The van der Waals surface area contributed by atoms with Gasteiger partial charge in [0, 0.05) is 5.39 Å². The molecule has 0 spiro atoms. The van der Waals surface area contributed by atoms with Crippen molar-refractivity contribution in [3.05, 3.63) is 34.5 Å². The lowest BCUT2D eigenvalue weighted by Gasteiger charge is -2.22. The van der Waals surface area contributed by atoms with Gasteiger partial charge < -0.3 is 4.74 Å². The second kappa shape index (κ2) is 7.05. The maximum absolute atomic E-state index is 14.9. The van der Waals surface area contributed by atoms with Crippen LogP contribution in [-0.2, 0) is 4.74 Å². The molecule has 0 N–H and O–H groups in total. The van der Waals surface area contributed by atoms with Crippen molar-refractivity contribution in [3.8, 4) is 5.75 Å². The zero-order chi connectivity index (χ0) is 19.2. The first kappa shape index (κ1) is 18.7. The Kier molecular flexibility index (Phi) is 4.88. The van der Waals surface area contributed by atoms with Crippen molar-refractivity contribution in [2.45, 2.75) is 44.3 Å². The molecule has 1 fully saturated rings. The van der Waals surface area contributed by atoms with E-state index in [1.165, 1.54) is 12.1 Å². The lowest BCUT2D eigenvalue weighted by molar-refractivity contribution is -0.342. The first-order valence-corrected chi connectivity index (χ1v) is 9.59. The van der Waals surface area contributed by atoms with Gasteiger partial charge in [-0.15, -0.1) is 24.5 Å². The van der Waals surface area contributed by atoms with Crippen molar-refractivity contribution in [3.63, 3.8) is 0 Å². The van der Waals surface area contributed by atoms with Crippen LogP contribution in [0.25, 0.3) is 16.2 Å². The molecule has 27 heavy (non-hydrogen) atoms. The molecule has 2 atom stereocenters. The van der Waals surface area contributed by atoms with Crippen LogP contribution in [0, 0.1) is 11.7 Å². The predicted molar refractivity (Wildman–Crippen MR) is 93.0 cm³/mol. The van der Waals surface area contributed by atoms with E-state index in [-0.39, 0.29) is 15.3 Å². The maximum atomic E-state index is 14.9. The molecule has 0 radical (unpaired) electrons. The van der Waals surface area contributed by atoms with Gasteiger partial charge in [-0.2, -0.15) is 0 Å². The quantitative estimate of drug-likeness (QED) is 0.538. The van der Waals surface area contributed by atoms with E-state index in [2.05, 4.69) is 4.74 Å². The highest BCUT2D eigenvalue weighted by molar-refractivity contribution is 7.19. The van der Waals surface area contributed by atoms with Crippen molar-refractivity contribution in [2.75, 3.05) is 6.61 Å². The van der Waals surface area contributed by atoms with E-state index in [1.54, 1.807) is 6.07 Å². The van der Waals surface area contributed by atoms with Gasteiger partial charge in [0.15, 0.2) is 17.7 Å². The van der Waals surface area contributed by atoms with E-state index in [9.17, 15) is 22.0 Å². The Hall–Kier alpha value is -1.67. The highest BCUT2D eigenvalue weighted by Gasteiger charge is 2.39. The molecule has 2 aromatic rings. The van der Waals surface area contributed by atoms with Gasteiger partial charge in [0.05, 0.1) is 16.2 Å². The Morgan fingerprint density at radius 3 is 2.59 bits per heavy atom. The average Bonchev–Trinajstić information content (AvgIpc) is 3.24. The molecule has 1 saturated carbocycles. The first-order chi connectivity index (χ1) is 12.8. The van der Waals surface area contributed by atoms with Gasteiger partial charge in [-0.25, -0.2) is 8.78 Å². The minimum Gasteiger partial charge on any atom is -0.490 e. The first-order valence-electron chi connectivity index (χ1n) is 8.78. The van der Waals surface area contributed by atoms with Crippen LogP contribution in [0.2, 0.25) is 0 Å². The Balaban J connectivity index is 1.61. The molecule has 1 aromatic carbocycles. The lowest BCUT2D eigenvalue weighted by atomic mass is 9.99. The highest BCUT2D eigenvalue weighted by Crippen LogP contribution is 2.46. The Labute approximate surface area is 156 Å². The van der Waals surface area contributed by atoms with Gasteiger partial charge in [0.25, 0.3) is 0 Å². The van der Waals surface area contributed by atoms with Gasteiger partial charge >= 0.3 is 6.36 Å². The van der Waals surface area contributed by atoms with Gasteiger partial charge in [-0.1, -0.05) is 25.0 Å². The van der Waals surface area contributed by atoms with Crippen LogP contribution in [-0.4, -0.2) is 19.1 Å². The Morgan fingerprint density at radius 1 is 1.15 bits per heavy atom. The van der Waals surface area contributed by atoms with Crippen LogP contribution in [0.5, 0.6) is 5.75 Å². The monoisotopic (exact) mass is 404 g/mol. The zero-order valence-corrected chi connectivity index (χ0v) is 15.0. The van der Waals surface area contributed by atoms with E-state index < -0.39 is 24.5 Å². The summed E-state index contributed by atoms with van der Waals surface area (Å²) >= 11 is 0.808. The molecule has 4 rings (SSSR count). The third kappa shape index (κ3) is 3.69. The summed E-state index contributed by atoms with van der Waals surface area (Å²) in [6.45, 7) is 0.431. The van der Waals surface area contributed by atoms with E-state index in [0.717, 1.165) is 43.1 Å². The molecule has 2 aliphatic rings. The van der Waals surface area contributed by atoms with E-state index in [0.29, 0.717) is 23.5 Å². The standard InChI is InChI=1S/C19H17F5O2S/c20-15-13(25-9-10-3-1-2-4-10)7-5-11-12-6-8-14(26-19(22,23)24)16(21)18(12)27-17(11)15/h5-8,10,14,16H,1-4,9H2. The van der Waals surface area contributed by atoms with Gasteiger partial charge in [0.1, 0.15) is 6.10 Å². The molecule has 0 aliphatic heterocycles. The van der Waals surface area contributed by atoms with Crippen molar-refractivity contribution < 1.29 is 31.4 Å². The largest absolute Gasteiger partial charge is 0.523 e. The van der Waals surface area contributed by atoms with E-state index >= 15 is 0 Å². The number of halogens is 5. The summed E-state index contributed by atoms with van der Waals surface area (Å²) in [7, 11) is 0. The Bertz CT molecular complexity index is 867. The van der Waals surface area contributed by atoms with Gasteiger partial charge in [-0.05, 0) is 36.5 Å². The molecule has 1 aromatic heterocycles. The van der Waals surface area contributed by atoms with Crippen LogP contribution in [0.1, 0.15) is 42.3 Å². The second-order valence-corrected chi connectivity index (χ2v) is 7.94. The number of thiophene rings is 1. The average molecular weight is 404 g/mol. The molecule has 1 heterocycles. The predicted octanol–water partition coefficient (Wildman–Crippen LogP) is 6.55. The number of fused-ring (bicyclic) bond motifs is 3. The number of benzene rings is 1. The summed E-state index contributed by atoms with van der Waals surface area (Å²) < 4.78 is 76.3. The summed E-state index contributed by atoms with van der Waals surface area (Å²) in [4.78, 5) is 0.0357. The number of alkyl halides is 4. The van der Waals surface area contributed by atoms with Crippen LogP contribution >= 0.6 is 11.3 Å². The van der Waals surface area contributed by atoms with Crippen molar-refractivity contribution in [2.24, 2.45) is 5.92 Å². The lowest BCUT2D eigenvalue weighted by Crippen LogP contribution is -2.27. The van der Waals surface area contributed by atoms with Gasteiger partial charge in [-0.3, -0.25) is 4.74 Å². The fourth-order valence-corrected chi connectivity index (χ4v) is 4.94. The summed E-state index contributed by atoms with van der Waals surface area (Å²) in [6, 6.07) is 3.12. The number of hydrogen-bond acceptors (Lipinski definition) is 3. The molecule has 2 aliphatic carbocycles. The van der Waals surface area contributed by atoms with E-state index in [1.807, 2.05) is 0 Å². The second-order valence-electron chi connectivity index (χ2n) is 6.88. The maximum Gasteiger partial charge on any atom is 0.523 e. The normalized spacial score (nSPS) is 23.1. The van der Waals surface area contributed by atoms with Crippen LogP contribution < -0.4 is 4.74 Å². The van der Waals surface area contributed by atoms with Crippen molar-refractivity contribution in [1.29, 1.82) is 0 Å². The molecular weight excluding hydrogens is 387 g/mol. The fourth-order valence-electron chi connectivity index (χ4n) is 3.71. The molecular formula is C19H17F5O2S. The summed E-state index contributed by atoms with van der Waals surface area (Å²) in [5.41, 5.74) is 0.394. The summed E-state index contributed by atoms with van der Waals surface area (Å²) in [6.07, 6.45) is -1.91. The third-order valence-corrected chi connectivity index (χ3v) is 6.31. The highest BCUT2D eigenvalue weighted by atomic mass is 32.1.